The molecule has 2 fully saturated rings. The quantitative estimate of drug-likeness (QED) is 0.0190. The zero-order chi connectivity index (χ0) is 49.8. The fourth-order valence-corrected chi connectivity index (χ4v) is 8.48. The van der Waals surface area contributed by atoms with Crippen molar-refractivity contribution in [2.45, 2.75) is 207 Å². The van der Waals surface area contributed by atoms with E-state index in [1.54, 1.807) is 0 Å². The Morgan fingerprint density at radius 2 is 0.855 bits per heavy atom. The number of allylic oxidation sites excluding steroid dienone is 8. The van der Waals surface area contributed by atoms with Crippen LogP contribution in [0.3, 0.4) is 0 Å². The maximum absolute atomic E-state index is 13.5. The smallest absolute Gasteiger partial charge is 0.309 e. The summed E-state index contributed by atoms with van der Waals surface area (Å²) in [5, 5.41) is 0. The molecule has 0 amide bonds. The summed E-state index contributed by atoms with van der Waals surface area (Å²) in [5.41, 5.74) is 0. The maximum Gasteiger partial charge on any atom is 0.309 e. The van der Waals surface area contributed by atoms with Crippen molar-refractivity contribution in [3.63, 3.8) is 0 Å². The lowest BCUT2D eigenvalue weighted by molar-refractivity contribution is -0.165. The van der Waals surface area contributed by atoms with Gasteiger partial charge in [0.2, 0.25) is 0 Å². The molecule has 0 aliphatic carbocycles. The Kier molecular flexibility index (Phi) is 39.6. The lowest BCUT2D eigenvalue weighted by atomic mass is 9.93. The summed E-state index contributed by atoms with van der Waals surface area (Å²) >= 11 is 0. The van der Waals surface area contributed by atoms with Crippen LogP contribution in [-0.2, 0) is 47.5 Å². The third-order valence-electron chi connectivity index (χ3n) is 12.9. The fourth-order valence-electron chi connectivity index (χ4n) is 8.48. The average molecular weight is 973 g/mol. The first-order valence-electron chi connectivity index (χ1n) is 27.8. The number of unbranched alkanes of at least 4 members (excludes halogenated alkanes) is 8. The Hall–Kier alpha value is -2.87. The SMILES string of the molecule is CC/C=C\CCCCOC(CCC(=O)OCC(COC(=O)CCC(OCCCC/C=C\CC)OCCCC/C=C\CC)COC(=O)C1CCN(C2CCN(CC)CC2)CC1)OCCCC/C=C\CC. The molecule has 0 bridgehead atoms. The number of hydrogen-bond acceptors (Lipinski definition) is 12. The van der Waals surface area contributed by atoms with Crippen LogP contribution in [0.4, 0.5) is 0 Å². The van der Waals surface area contributed by atoms with Crippen LogP contribution in [0.1, 0.15) is 189 Å². The summed E-state index contributed by atoms with van der Waals surface area (Å²) in [4.78, 5) is 45.0. The number of carbonyl (C=O) groups excluding carboxylic acids is 3. The molecule has 2 heterocycles. The number of ether oxygens (including phenoxy) is 7. The summed E-state index contributed by atoms with van der Waals surface area (Å²) in [6.07, 6.45) is 37.3. The molecule has 12 nitrogen and oxygen atoms in total. The molecule has 12 heteroatoms. The van der Waals surface area contributed by atoms with E-state index in [0.717, 1.165) is 148 Å². The minimum Gasteiger partial charge on any atom is -0.465 e. The van der Waals surface area contributed by atoms with Gasteiger partial charge in [0.1, 0.15) is 19.8 Å². The maximum atomic E-state index is 13.5. The molecule has 0 saturated carbocycles. The number of carbonyl (C=O) groups is 3. The average Bonchev–Trinajstić information content (AvgIpc) is 3.37. The highest BCUT2D eigenvalue weighted by molar-refractivity contribution is 5.72. The second kappa shape index (κ2) is 43.9. The fraction of sp³-hybridized carbons (Fsp3) is 0.807. The zero-order valence-corrected chi connectivity index (χ0v) is 44.4. The minimum atomic E-state index is -0.524. The number of likely N-dealkylation sites (tertiary alicyclic amines) is 2. The van der Waals surface area contributed by atoms with Gasteiger partial charge in [-0.2, -0.15) is 0 Å². The third kappa shape index (κ3) is 33.4. The largest absolute Gasteiger partial charge is 0.465 e. The van der Waals surface area contributed by atoms with E-state index < -0.39 is 30.4 Å². The summed E-state index contributed by atoms with van der Waals surface area (Å²) in [6.45, 7) is 18.0. The highest BCUT2D eigenvalue weighted by Gasteiger charge is 2.32. The van der Waals surface area contributed by atoms with Crippen molar-refractivity contribution < 1.29 is 47.5 Å². The van der Waals surface area contributed by atoms with Crippen LogP contribution in [0.2, 0.25) is 0 Å². The second-order valence-corrected chi connectivity index (χ2v) is 18.8. The Labute approximate surface area is 420 Å². The van der Waals surface area contributed by atoms with Crippen molar-refractivity contribution in [2.24, 2.45) is 11.8 Å². The van der Waals surface area contributed by atoms with Crippen LogP contribution < -0.4 is 0 Å². The van der Waals surface area contributed by atoms with Gasteiger partial charge in [0, 0.05) is 45.3 Å². The number of esters is 3. The van der Waals surface area contributed by atoms with Crippen molar-refractivity contribution in [1.29, 1.82) is 0 Å². The molecular formula is C57H100N2O10. The van der Waals surface area contributed by atoms with Gasteiger partial charge >= 0.3 is 17.9 Å². The van der Waals surface area contributed by atoms with Gasteiger partial charge in [-0.25, -0.2) is 0 Å². The van der Waals surface area contributed by atoms with Gasteiger partial charge in [0.05, 0.1) is 24.7 Å². The first kappa shape index (κ1) is 62.2. The Morgan fingerprint density at radius 3 is 1.22 bits per heavy atom. The van der Waals surface area contributed by atoms with Crippen LogP contribution >= 0.6 is 0 Å². The zero-order valence-electron chi connectivity index (χ0n) is 44.4. The predicted octanol–water partition coefficient (Wildman–Crippen LogP) is 12.3. The molecule has 2 aliphatic heterocycles. The van der Waals surface area contributed by atoms with Crippen molar-refractivity contribution in [3.05, 3.63) is 48.6 Å². The lowest BCUT2D eigenvalue weighted by Crippen LogP contribution is -2.48. The molecule has 0 atom stereocenters. The van der Waals surface area contributed by atoms with E-state index in [0.29, 0.717) is 45.3 Å². The first-order valence-corrected chi connectivity index (χ1v) is 27.8. The molecular weight excluding hydrogens is 873 g/mol. The third-order valence-corrected chi connectivity index (χ3v) is 12.9. The normalized spacial score (nSPS) is 15.9. The molecule has 2 rings (SSSR count). The summed E-state index contributed by atoms with van der Waals surface area (Å²) in [6, 6.07) is 0.576. The van der Waals surface area contributed by atoms with Gasteiger partial charge < -0.3 is 43.0 Å². The molecule has 398 valence electrons. The first-order chi connectivity index (χ1) is 33.8. The monoisotopic (exact) mass is 973 g/mol. The van der Waals surface area contributed by atoms with Crippen LogP contribution in [0.15, 0.2) is 48.6 Å². The highest BCUT2D eigenvalue weighted by Crippen LogP contribution is 2.25. The molecule has 0 aromatic heterocycles. The molecule has 0 aromatic carbocycles. The Bertz CT molecular complexity index is 1250. The van der Waals surface area contributed by atoms with Crippen molar-refractivity contribution in [2.75, 3.05) is 79.0 Å². The van der Waals surface area contributed by atoms with E-state index in [-0.39, 0.29) is 44.5 Å². The summed E-state index contributed by atoms with van der Waals surface area (Å²) in [5.74, 6) is -1.75. The van der Waals surface area contributed by atoms with E-state index in [1.807, 2.05) is 0 Å². The van der Waals surface area contributed by atoms with E-state index >= 15 is 0 Å². The van der Waals surface area contributed by atoms with Gasteiger partial charge in [-0.3, -0.25) is 14.4 Å². The van der Waals surface area contributed by atoms with Crippen LogP contribution in [0.25, 0.3) is 0 Å². The lowest BCUT2D eigenvalue weighted by Gasteiger charge is -2.41. The van der Waals surface area contributed by atoms with Crippen LogP contribution in [0, 0.1) is 11.8 Å². The predicted molar refractivity (Wildman–Crippen MR) is 279 cm³/mol. The van der Waals surface area contributed by atoms with Gasteiger partial charge in [-0.1, -0.05) is 83.2 Å². The van der Waals surface area contributed by atoms with Gasteiger partial charge in [-0.15, -0.1) is 0 Å². The number of nitrogens with zero attached hydrogens (tertiary/aromatic N) is 2. The molecule has 0 aromatic rings. The summed E-state index contributed by atoms with van der Waals surface area (Å²) < 4.78 is 42.0. The minimum absolute atomic E-state index is 0.0133. The van der Waals surface area contributed by atoms with E-state index in [1.165, 1.54) is 12.8 Å². The Balaban J connectivity index is 1.99. The number of piperidine rings is 2. The number of hydrogen-bond donors (Lipinski definition) is 0. The van der Waals surface area contributed by atoms with Crippen LogP contribution in [0.5, 0.6) is 0 Å². The van der Waals surface area contributed by atoms with E-state index in [2.05, 4.69) is 93.0 Å². The van der Waals surface area contributed by atoms with Crippen LogP contribution in [-0.4, -0.2) is 125 Å². The molecule has 2 aliphatic rings. The molecule has 0 N–H and O–H groups in total. The van der Waals surface area contributed by atoms with Crippen molar-refractivity contribution in [3.8, 4) is 0 Å². The van der Waals surface area contributed by atoms with Gasteiger partial charge in [0.25, 0.3) is 0 Å². The second-order valence-electron chi connectivity index (χ2n) is 18.8. The van der Waals surface area contributed by atoms with E-state index in [9.17, 15) is 14.4 Å². The highest BCUT2D eigenvalue weighted by atomic mass is 16.7. The summed E-state index contributed by atoms with van der Waals surface area (Å²) in [7, 11) is 0. The standard InChI is InChI=1S/C57H100N2O10/c1-6-11-15-19-23-27-43-63-55(64-44-28-24-20-16-12-7-2)33-31-53(60)67-47-50(49-69-57(62)51-35-41-59(42-36-51)52-37-39-58(10-5)40-38-52)48-68-54(61)32-34-56(65-45-29-25-21-17-13-8-3)66-46-30-26-22-18-14-9-4/h11-18,50-52,55-56H,6-10,19-49H2,1-5H3/b15-11-,16-12-,17-13-,18-14-. The molecule has 0 unspecified atom stereocenters. The van der Waals surface area contributed by atoms with Gasteiger partial charge in [0.15, 0.2) is 12.6 Å². The Morgan fingerprint density at radius 1 is 0.478 bits per heavy atom. The molecule has 2 saturated heterocycles. The van der Waals surface area contributed by atoms with E-state index in [4.69, 9.17) is 33.2 Å². The molecule has 0 radical (unpaired) electrons. The van der Waals surface area contributed by atoms with Crippen molar-refractivity contribution in [1.82, 2.24) is 9.80 Å². The van der Waals surface area contributed by atoms with Gasteiger partial charge in [-0.05, 0) is 161 Å². The molecule has 69 heavy (non-hydrogen) atoms. The topological polar surface area (TPSA) is 122 Å². The molecule has 0 spiro atoms. The number of rotatable bonds is 43. The van der Waals surface area contributed by atoms with Crippen molar-refractivity contribution >= 4 is 17.9 Å².